The highest BCUT2D eigenvalue weighted by Crippen LogP contribution is 2.35. The number of benzene rings is 2. The first kappa shape index (κ1) is 26.2. The fourth-order valence-electron chi connectivity index (χ4n) is 3.15. The van der Waals surface area contributed by atoms with Crippen LogP contribution in [0, 0.1) is 0 Å². The van der Waals surface area contributed by atoms with Crippen LogP contribution in [0.25, 0.3) is 6.08 Å². The van der Waals surface area contributed by atoms with Crippen LogP contribution in [0.4, 0.5) is 0 Å². The van der Waals surface area contributed by atoms with Crippen LogP contribution in [0.5, 0.6) is 11.5 Å². The van der Waals surface area contributed by atoms with Gasteiger partial charge in [-0.15, -0.1) is 0 Å². The minimum absolute atomic E-state index is 0.161. The summed E-state index contributed by atoms with van der Waals surface area (Å²) in [4.78, 5) is 26.6. The van der Waals surface area contributed by atoms with Crippen LogP contribution >= 0.6 is 39.9 Å². The van der Waals surface area contributed by atoms with Crippen molar-refractivity contribution < 1.29 is 23.8 Å². The van der Waals surface area contributed by atoms with Gasteiger partial charge in [0.25, 0.3) is 5.91 Å². The van der Waals surface area contributed by atoms with Gasteiger partial charge in [-0.1, -0.05) is 65.0 Å². The fraction of sp³-hybridized carbons (Fsp3) is 0.320. The molecule has 3 rings (SSSR count). The van der Waals surface area contributed by atoms with Gasteiger partial charge in [-0.2, -0.15) is 0 Å². The molecule has 1 aliphatic rings. The molecule has 2 aromatic carbocycles. The maximum absolute atomic E-state index is 12.8. The molecule has 0 saturated carbocycles. The van der Waals surface area contributed by atoms with Crippen molar-refractivity contribution in [3.05, 3.63) is 63.0 Å². The maximum atomic E-state index is 12.8. The van der Waals surface area contributed by atoms with Crippen LogP contribution in [0.15, 0.2) is 51.8 Å². The largest absolute Gasteiger partial charge is 0.493 e. The number of thioether (sulfide) groups is 1. The Kier molecular flexibility index (Phi) is 9.98. The van der Waals surface area contributed by atoms with E-state index in [1.54, 1.807) is 13.2 Å². The Labute approximate surface area is 217 Å². The number of hydrogen-bond donors (Lipinski definition) is 0. The minimum Gasteiger partial charge on any atom is -0.493 e. The number of hydrogen-bond acceptors (Lipinski definition) is 7. The van der Waals surface area contributed by atoms with Crippen molar-refractivity contribution in [1.82, 2.24) is 4.90 Å². The summed E-state index contributed by atoms with van der Waals surface area (Å²) in [6.07, 6.45) is 3.33. The van der Waals surface area contributed by atoms with Gasteiger partial charge in [0.2, 0.25) is 0 Å². The van der Waals surface area contributed by atoms with Crippen molar-refractivity contribution >= 4 is 62.2 Å². The van der Waals surface area contributed by atoms with E-state index in [1.807, 2.05) is 49.4 Å². The van der Waals surface area contributed by atoms with Gasteiger partial charge in [-0.25, -0.2) is 0 Å². The van der Waals surface area contributed by atoms with Gasteiger partial charge in [-0.05, 0) is 54.3 Å². The van der Waals surface area contributed by atoms with Crippen LogP contribution in [-0.2, 0) is 20.9 Å². The Balaban J connectivity index is 1.61. The quantitative estimate of drug-likeness (QED) is 0.189. The molecule has 1 fully saturated rings. The molecule has 1 saturated heterocycles. The number of esters is 1. The van der Waals surface area contributed by atoms with Crippen LogP contribution < -0.4 is 9.47 Å². The number of carbonyl (C=O) groups excluding carboxylic acids is 2. The molecule has 1 heterocycles. The summed E-state index contributed by atoms with van der Waals surface area (Å²) in [6, 6.07) is 13.4. The van der Waals surface area contributed by atoms with Crippen molar-refractivity contribution in [2.75, 3.05) is 20.3 Å². The number of nitrogens with zero attached hydrogens (tertiary/aromatic N) is 1. The molecule has 0 bridgehead atoms. The van der Waals surface area contributed by atoms with E-state index in [0.717, 1.165) is 22.0 Å². The molecule has 9 heteroatoms. The van der Waals surface area contributed by atoms with E-state index >= 15 is 0 Å². The number of carbonyl (C=O) groups is 2. The van der Waals surface area contributed by atoms with E-state index in [2.05, 4.69) is 15.9 Å². The predicted octanol–water partition coefficient (Wildman–Crippen LogP) is 5.97. The van der Waals surface area contributed by atoms with E-state index in [9.17, 15) is 9.59 Å². The second-order valence-corrected chi connectivity index (χ2v) is 10.1. The lowest BCUT2D eigenvalue weighted by Gasteiger charge is -2.14. The zero-order valence-electron chi connectivity index (χ0n) is 19.0. The molecule has 34 heavy (non-hydrogen) atoms. The molecule has 1 amide bonds. The highest BCUT2D eigenvalue weighted by molar-refractivity contribution is 9.10. The highest BCUT2D eigenvalue weighted by Gasteiger charge is 2.31. The van der Waals surface area contributed by atoms with Crippen LogP contribution in [-0.4, -0.2) is 41.4 Å². The smallest absolute Gasteiger partial charge is 0.305 e. The molecule has 0 atom stereocenters. The topological polar surface area (TPSA) is 65.1 Å². The molecule has 180 valence electrons. The third-order valence-corrected chi connectivity index (χ3v) is 6.80. The molecule has 0 radical (unpaired) electrons. The molecule has 2 aromatic rings. The lowest BCUT2D eigenvalue weighted by atomic mass is 10.1. The number of amides is 1. The summed E-state index contributed by atoms with van der Waals surface area (Å²) in [5, 5.41) is 0. The summed E-state index contributed by atoms with van der Waals surface area (Å²) >= 11 is 10.1. The number of methoxy groups -OCH3 is 1. The Morgan fingerprint density at radius 3 is 2.65 bits per heavy atom. The highest BCUT2D eigenvalue weighted by atomic mass is 79.9. The van der Waals surface area contributed by atoms with Crippen LogP contribution in [0.2, 0.25) is 0 Å². The summed E-state index contributed by atoms with van der Waals surface area (Å²) in [7, 11) is 1.58. The summed E-state index contributed by atoms with van der Waals surface area (Å²) in [5.74, 6) is 0.779. The van der Waals surface area contributed by atoms with Gasteiger partial charge < -0.3 is 14.2 Å². The first-order chi connectivity index (χ1) is 16.4. The molecule has 1 aliphatic heterocycles. The van der Waals surface area contributed by atoms with Crippen molar-refractivity contribution in [3.8, 4) is 11.5 Å². The lowest BCUT2D eigenvalue weighted by molar-refractivity contribution is -0.144. The van der Waals surface area contributed by atoms with Crippen LogP contribution in [0.3, 0.4) is 0 Å². The number of rotatable bonds is 11. The summed E-state index contributed by atoms with van der Waals surface area (Å²) in [6.45, 7) is 3.16. The average Bonchev–Trinajstić information content (AvgIpc) is 3.10. The number of halogens is 1. The summed E-state index contributed by atoms with van der Waals surface area (Å²) in [5.41, 5.74) is 1.84. The predicted molar refractivity (Wildman–Crippen MR) is 142 cm³/mol. The van der Waals surface area contributed by atoms with E-state index in [1.165, 1.54) is 16.7 Å². The monoisotopic (exact) mass is 563 g/mol. The van der Waals surface area contributed by atoms with Crippen molar-refractivity contribution in [2.45, 2.75) is 32.8 Å². The molecule has 6 nitrogen and oxygen atoms in total. The molecule has 0 N–H and O–H groups in total. The van der Waals surface area contributed by atoms with E-state index in [-0.39, 0.29) is 18.3 Å². The Bertz CT molecular complexity index is 1070. The first-order valence-electron chi connectivity index (χ1n) is 10.9. The fourth-order valence-corrected chi connectivity index (χ4v) is 4.72. The normalized spacial score (nSPS) is 14.6. The zero-order valence-corrected chi connectivity index (χ0v) is 22.3. The SMILES string of the molecule is CCCOC(=O)CCCN1C(=O)/C(=C\c2ccc(OCc3ccc(Br)cc3)c(OC)c2)SC1=S. The second kappa shape index (κ2) is 12.9. The van der Waals surface area contributed by atoms with E-state index in [4.69, 9.17) is 26.4 Å². The van der Waals surface area contributed by atoms with Crippen molar-refractivity contribution in [3.63, 3.8) is 0 Å². The first-order valence-corrected chi connectivity index (χ1v) is 12.9. The molecule has 0 unspecified atom stereocenters. The van der Waals surface area contributed by atoms with Gasteiger partial charge in [0.15, 0.2) is 11.5 Å². The van der Waals surface area contributed by atoms with Crippen molar-refractivity contribution in [2.24, 2.45) is 0 Å². The van der Waals surface area contributed by atoms with Gasteiger partial charge >= 0.3 is 5.97 Å². The lowest BCUT2D eigenvalue weighted by Crippen LogP contribution is -2.29. The summed E-state index contributed by atoms with van der Waals surface area (Å²) < 4.78 is 18.0. The second-order valence-electron chi connectivity index (χ2n) is 7.48. The van der Waals surface area contributed by atoms with Gasteiger partial charge in [0.05, 0.1) is 18.6 Å². The Morgan fingerprint density at radius 1 is 1.18 bits per heavy atom. The molecule has 0 spiro atoms. The van der Waals surface area contributed by atoms with Gasteiger partial charge in [0, 0.05) is 17.4 Å². The molecule has 0 aromatic heterocycles. The maximum Gasteiger partial charge on any atom is 0.305 e. The molecular formula is C25H26BrNO5S2. The van der Waals surface area contributed by atoms with Crippen molar-refractivity contribution in [1.29, 1.82) is 0 Å². The Morgan fingerprint density at radius 2 is 1.94 bits per heavy atom. The zero-order chi connectivity index (χ0) is 24.5. The van der Waals surface area contributed by atoms with Gasteiger partial charge in [-0.3, -0.25) is 14.5 Å². The third-order valence-electron chi connectivity index (χ3n) is 4.90. The van der Waals surface area contributed by atoms with Gasteiger partial charge in [0.1, 0.15) is 10.9 Å². The van der Waals surface area contributed by atoms with Crippen LogP contribution in [0.1, 0.15) is 37.3 Å². The Hall–Kier alpha value is -2.36. The van der Waals surface area contributed by atoms with E-state index < -0.39 is 0 Å². The number of thiocarbonyl (C=S) groups is 1. The molecular weight excluding hydrogens is 538 g/mol. The minimum atomic E-state index is -0.252. The molecule has 0 aliphatic carbocycles. The third kappa shape index (κ3) is 7.32. The van der Waals surface area contributed by atoms with E-state index in [0.29, 0.717) is 46.9 Å². The average molecular weight is 565 g/mol. The number of ether oxygens (including phenoxy) is 3. The standard InChI is InChI=1S/C25H26BrNO5S2/c1-3-13-31-23(28)5-4-12-27-24(29)22(34-25(27)33)15-18-8-11-20(21(14-18)30-2)32-16-17-6-9-19(26)10-7-17/h6-11,14-15H,3-5,12-13,16H2,1-2H3/b22-15+.